The lowest BCUT2D eigenvalue weighted by Crippen LogP contribution is -3.09. The Morgan fingerprint density at radius 3 is 1.75 bits per heavy atom. The summed E-state index contributed by atoms with van der Waals surface area (Å²) in [7, 11) is 2.03. The molecule has 0 spiro atoms. The van der Waals surface area contributed by atoms with Crippen molar-refractivity contribution in [3.63, 3.8) is 0 Å². The first kappa shape index (κ1) is 15.1. The second-order valence-electron chi connectivity index (χ2n) is 4.76. The fourth-order valence-electron chi connectivity index (χ4n) is 1.90. The molecule has 0 aliphatic rings. The van der Waals surface area contributed by atoms with E-state index < -0.39 is 0 Å². The Balaban J connectivity index is 1.69. The predicted molar refractivity (Wildman–Crippen MR) is 83.2 cm³/mol. The van der Waals surface area contributed by atoms with Gasteiger partial charge in [0.25, 0.3) is 0 Å². The normalized spacial score (nSPS) is 10.9. The van der Waals surface area contributed by atoms with Gasteiger partial charge in [-0.15, -0.1) is 22.7 Å². The van der Waals surface area contributed by atoms with Crippen LogP contribution in [0.1, 0.15) is 32.2 Å². The van der Waals surface area contributed by atoms with E-state index >= 15 is 0 Å². The number of hydrogen-bond acceptors (Lipinski definition) is 4. The molecule has 20 heavy (non-hydrogen) atoms. The van der Waals surface area contributed by atoms with Crippen molar-refractivity contribution in [2.45, 2.75) is 12.8 Å². The van der Waals surface area contributed by atoms with E-state index in [1.807, 2.05) is 42.1 Å². The van der Waals surface area contributed by atoms with Gasteiger partial charge in [0, 0.05) is 0 Å². The van der Waals surface area contributed by atoms with Crippen LogP contribution in [0.25, 0.3) is 0 Å². The first-order valence-corrected chi connectivity index (χ1v) is 8.37. The van der Waals surface area contributed by atoms with Crippen molar-refractivity contribution in [3.8, 4) is 0 Å². The number of thiophene rings is 2. The number of carbonyl (C=O) groups is 2. The number of Topliss-reactive ketones (excluding diaryl/α,β-unsaturated/α-hetero) is 2. The van der Waals surface area contributed by atoms with Gasteiger partial charge in [0.2, 0.25) is 0 Å². The van der Waals surface area contributed by atoms with Gasteiger partial charge in [-0.1, -0.05) is 12.1 Å². The van der Waals surface area contributed by atoms with Crippen LogP contribution in [0.3, 0.4) is 0 Å². The Hall–Kier alpha value is -1.30. The predicted octanol–water partition coefficient (Wildman–Crippen LogP) is 2.17. The minimum atomic E-state index is 0.198. The molecule has 0 bridgehead atoms. The van der Waals surface area contributed by atoms with E-state index in [9.17, 15) is 9.59 Å². The van der Waals surface area contributed by atoms with E-state index in [0.29, 0.717) is 12.8 Å². The minimum absolute atomic E-state index is 0.198. The lowest BCUT2D eigenvalue weighted by atomic mass is 10.2. The molecular weight excluding hydrogens is 290 g/mol. The molecule has 3 nitrogen and oxygen atoms in total. The molecule has 0 fully saturated rings. The van der Waals surface area contributed by atoms with Crippen LogP contribution in [0.4, 0.5) is 0 Å². The lowest BCUT2D eigenvalue weighted by Gasteiger charge is -2.12. The molecule has 0 unspecified atom stereocenters. The third kappa shape index (κ3) is 4.37. The number of carbonyl (C=O) groups excluding carboxylic acids is 2. The van der Waals surface area contributed by atoms with Crippen molar-refractivity contribution in [2.24, 2.45) is 0 Å². The highest BCUT2D eigenvalue weighted by Gasteiger charge is 2.13. The van der Waals surface area contributed by atoms with Gasteiger partial charge in [-0.25, -0.2) is 0 Å². The van der Waals surface area contributed by atoms with Crippen molar-refractivity contribution in [2.75, 3.05) is 20.1 Å². The zero-order valence-corrected chi connectivity index (χ0v) is 13.1. The van der Waals surface area contributed by atoms with Gasteiger partial charge >= 0.3 is 0 Å². The monoisotopic (exact) mass is 308 g/mol. The van der Waals surface area contributed by atoms with E-state index in [1.165, 1.54) is 27.6 Å². The molecule has 0 amide bonds. The molecular formula is C15H18NO2S2+. The van der Waals surface area contributed by atoms with Crippen LogP contribution in [0.2, 0.25) is 0 Å². The molecule has 5 heteroatoms. The summed E-state index contributed by atoms with van der Waals surface area (Å²) in [6.07, 6.45) is 1.08. The van der Waals surface area contributed by atoms with Crippen molar-refractivity contribution < 1.29 is 14.5 Å². The maximum absolute atomic E-state index is 11.9. The summed E-state index contributed by atoms with van der Waals surface area (Å²) in [6.45, 7) is 1.54. The average Bonchev–Trinajstić information content (AvgIpc) is 3.14. The molecule has 2 aromatic rings. The Bertz CT molecular complexity index is 496. The molecule has 0 aliphatic heterocycles. The molecule has 106 valence electrons. The highest BCUT2D eigenvalue weighted by Crippen LogP contribution is 2.11. The van der Waals surface area contributed by atoms with Crippen molar-refractivity contribution in [1.82, 2.24) is 0 Å². The van der Waals surface area contributed by atoms with Crippen LogP contribution in [-0.2, 0) is 0 Å². The highest BCUT2D eigenvalue weighted by molar-refractivity contribution is 7.12. The van der Waals surface area contributed by atoms with E-state index in [2.05, 4.69) is 0 Å². The summed E-state index contributed by atoms with van der Waals surface area (Å²) >= 11 is 2.98. The number of quaternary nitrogens is 1. The van der Waals surface area contributed by atoms with Crippen LogP contribution in [0.5, 0.6) is 0 Å². The third-order valence-electron chi connectivity index (χ3n) is 3.15. The fourth-order valence-corrected chi connectivity index (χ4v) is 3.29. The van der Waals surface area contributed by atoms with Crippen LogP contribution in [0.15, 0.2) is 35.0 Å². The minimum Gasteiger partial charge on any atom is -0.337 e. The summed E-state index contributed by atoms with van der Waals surface area (Å²) < 4.78 is 0. The van der Waals surface area contributed by atoms with Gasteiger partial charge in [-0.2, -0.15) is 0 Å². The average molecular weight is 308 g/mol. The van der Waals surface area contributed by atoms with Gasteiger partial charge in [0.15, 0.2) is 11.6 Å². The van der Waals surface area contributed by atoms with Gasteiger partial charge in [-0.05, 0) is 22.9 Å². The molecule has 0 radical (unpaired) electrons. The molecule has 0 saturated heterocycles. The van der Waals surface area contributed by atoms with E-state index in [-0.39, 0.29) is 11.6 Å². The van der Waals surface area contributed by atoms with Crippen molar-refractivity contribution in [3.05, 3.63) is 44.8 Å². The van der Waals surface area contributed by atoms with Crippen LogP contribution in [0, 0.1) is 0 Å². The Labute approximate surface area is 126 Å². The molecule has 1 N–H and O–H groups in total. The quantitative estimate of drug-likeness (QED) is 0.759. The Kier molecular flexibility index (Phi) is 5.64. The van der Waals surface area contributed by atoms with E-state index in [0.717, 1.165) is 22.8 Å². The van der Waals surface area contributed by atoms with Crippen LogP contribution < -0.4 is 4.90 Å². The second-order valence-corrected chi connectivity index (χ2v) is 6.65. The smallest absolute Gasteiger partial charge is 0.178 e. The molecule has 0 aromatic carbocycles. The van der Waals surface area contributed by atoms with Gasteiger partial charge in [0.1, 0.15) is 0 Å². The maximum atomic E-state index is 11.9. The maximum Gasteiger partial charge on any atom is 0.178 e. The second kappa shape index (κ2) is 7.47. The number of hydrogen-bond donors (Lipinski definition) is 1. The van der Waals surface area contributed by atoms with Gasteiger partial charge < -0.3 is 4.90 Å². The Morgan fingerprint density at radius 1 is 0.950 bits per heavy atom. The SMILES string of the molecule is C[NH+](CCC(=O)c1cccs1)CCC(=O)c1cccs1. The summed E-state index contributed by atoms with van der Waals surface area (Å²) in [4.78, 5) is 26.6. The molecule has 0 aliphatic carbocycles. The third-order valence-corrected chi connectivity index (χ3v) is 4.97. The summed E-state index contributed by atoms with van der Waals surface area (Å²) in [5, 5.41) is 3.84. The standard InChI is InChI=1S/C15H17NO2S2/c1-16(8-6-12(17)14-4-2-10-19-14)9-7-13(18)15-5-3-11-20-15/h2-5,10-11H,6-9H2,1H3/p+1. The zero-order chi connectivity index (χ0) is 14.4. The summed E-state index contributed by atoms with van der Waals surface area (Å²) in [5.74, 6) is 0.396. The van der Waals surface area contributed by atoms with Crippen LogP contribution in [-0.4, -0.2) is 31.7 Å². The first-order valence-electron chi connectivity index (χ1n) is 6.61. The molecule has 2 aromatic heterocycles. The molecule has 2 rings (SSSR count). The highest BCUT2D eigenvalue weighted by atomic mass is 32.1. The number of rotatable bonds is 8. The molecule has 2 heterocycles. The Morgan fingerprint density at radius 2 is 1.40 bits per heavy atom. The lowest BCUT2D eigenvalue weighted by molar-refractivity contribution is -0.878. The zero-order valence-electron chi connectivity index (χ0n) is 11.4. The number of nitrogens with one attached hydrogen (secondary N) is 1. The molecule has 0 saturated carbocycles. The largest absolute Gasteiger partial charge is 0.337 e. The first-order chi connectivity index (χ1) is 9.66. The van der Waals surface area contributed by atoms with Crippen molar-refractivity contribution in [1.29, 1.82) is 0 Å². The van der Waals surface area contributed by atoms with Gasteiger partial charge in [-0.3, -0.25) is 9.59 Å². The van der Waals surface area contributed by atoms with E-state index in [1.54, 1.807) is 0 Å². The van der Waals surface area contributed by atoms with E-state index in [4.69, 9.17) is 0 Å². The number of ketones is 2. The van der Waals surface area contributed by atoms with Crippen LogP contribution >= 0.6 is 22.7 Å². The summed E-state index contributed by atoms with van der Waals surface area (Å²) in [5.41, 5.74) is 0. The fraction of sp³-hybridized carbons (Fsp3) is 0.333. The molecule has 0 atom stereocenters. The summed E-state index contributed by atoms with van der Waals surface area (Å²) in [6, 6.07) is 7.52. The van der Waals surface area contributed by atoms with Gasteiger partial charge in [0.05, 0.1) is 42.7 Å². The topological polar surface area (TPSA) is 38.6 Å². The van der Waals surface area contributed by atoms with Crippen molar-refractivity contribution >= 4 is 34.2 Å².